The summed E-state index contributed by atoms with van der Waals surface area (Å²) < 4.78 is 7.06. The van der Waals surface area contributed by atoms with Crippen molar-refractivity contribution in [1.29, 1.82) is 0 Å². The van der Waals surface area contributed by atoms with Gasteiger partial charge in [-0.1, -0.05) is 68.4 Å². The fourth-order valence-corrected chi connectivity index (χ4v) is 4.68. The molecule has 4 rings (SSSR count). The molecule has 5 nitrogen and oxygen atoms in total. The number of benzene rings is 2. The highest BCUT2D eigenvalue weighted by atomic mass is 16.6. The Morgan fingerprint density at radius 3 is 2.44 bits per heavy atom. The van der Waals surface area contributed by atoms with Gasteiger partial charge in [-0.3, -0.25) is 0 Å². The SMILES string of the molecule is CC[C@@H](c1ccc(C2=C[N+](=O)C(C)C=C2)cc1)N1CC[C@](CC)(c2ccccc2)OC1=O. The minimum atomic E-state index is -0.557. The van der Waals surface area contributed by atoms with Gasteiger partial charge in [-0.05, 0) is 41.7 Å². The number of amides is 1. The van der Waals surface area contributed by atoms with Crippen molar-refractivity contribution >= 4 is 11.7 Å². The first-order valence-electron chi connectivity index (χ1n) is 11.5. The number of hydrogen-bond acceptors (Lipinski definition) is 3. The molecule has 5 heteroatoms. The third kappa shape index (κ3) is 4.12. The maximum absolute atomic E-state index is 13.1. The average molecular weight is 432 g/mol. The summed E-state index contributed by atoms with van der Waals surface area (Å²) in [4.78, 5) is 26.9. The van der Waals surface area contributed by atoms with Gasteiger partial charge in [0, 0.05) is 29.6 Å². The minimum Gasteiger partial charge on any atom is -0.438 e. The van der Waals surface area contributed by atoms with Crippen LogP contribution in [0.2, 0.25) is 0 Å². The number of allylic oxidation sites excluding steroid dienone is 2. The molecule has 3 atom stereocenters. The number of nitroso groups, excluding NO2 is 1. The molecule has 0 aliphatic carbocycles. The van der Waals surface area contributed by atoms with Crippen LogP contribution in [0.4, 0.5) is 4.79 Å². The molecule has 2 heterocycles. The Morgan fingerprint density at radius 1 is 1.12 bits per heavy atom. The minimum absolute atomic E-state index is 0.0471. The van der Waals surface area contributed by atoms with E-state index in [1.807, 2.05) is 66.4 Å². The molecule has 0 spiro atoms. The summed E-state index contributed by atoms with van der Waals surface area (Å²) in [6, 6.07) is 18.0. The zero-order valence-corrected chi connectivity index (χ0v) is 19.0. The fourth-order valence-electron chi connectivity index (χ4n) is 4.68. The van der Waals surface area contributed by atoms with Crippen molar-refractivity contribution in [3.63, 3.8) is 0 Å². The van der Waals surface area contributed by atoms with Gasteiger partial charge in [0.1, 0.15) is 5.60 Å². The highest BCUT2D eigenvalue weighted by molar-refractivity contribution is 5.74. The van der Waals surface area contributed by atoms with Crippen LogP contribution in [0.15, 0.2) is 72.9 Å². The highest BCUT2D eigenvalue weighted by Crippen LogP contribution is 2.40. The summed E-state index contributed by atoms with van der Waals surface area (Å²) in [7, 11) is 0. The van der Waals surface area contributed by atoms with Crippen LogP contribution in [0.1, 0.15) is 62.8 Å². The second kappa shape index (κ2) is 9.11. The van der Waals surface area contributed by atoms with E-state index in [-0.39, 0.29) is 18.2 Å². The molecule has 1 amide bonds. The molecule has 0 aromatic heterocycles. The molecule has 2 aromatic rings. The normalized spacial score (nSPS) is 24.2. The average Bonchev–Trinajstić information content (AvgIpc) is 2.83. The third-order valence-corrected chi connectivity index (χ3v) is 6.76. The molecule has 166 valence electrons. The van der Waals surface area contributed by atoms with E-state index in [1.165, 1.54) is 0 Å². The van der Waals surface area contributed by atoms with Crippen LogP contribution >= 0.6 is 0 Å². The van der Waals surface area contributed by atoms with E-state index in [0.29, 0.717) is 6.54 Å². The molecule has 32 heavy (non-hydrogen) atoms. The summed E-state index contributed by atoms with van der Waals surface area (Å²) in [5, 5.41) is 0. The molecule has 0 radical (unpaired) electrons. The number of nitrogens with zero attached hydrogens (tertiary/aromatic N) is 2. The second-order valence-corrected chi connectivity index (χ2v) is 8.62. The molecular weight excluding hydrogens is 400 g/mol. The van der Waals surface area contributed by atoms with E-state index in [0.717, 1.165) is 46.3 Å². The lowest BCUT2D eigenvalue weighted by Crippen LogP contribution is -2.48. The lowest BCUT2D eigenvalue weighted by Gasteiger charge is -2.43. The number of rotatable bonds is 6. The van der Waals surface area contributed by atoms with Gasteiger partial charge >= 0.3 is 6.09 Å². The van der Waals surface area contributed by atoms with Crippen LogP contribution in [0.5, 0.6) is 0 Å². The van der Waals surface area contributed by atoms with Crippen molar-refractivity contribution in [3.05, 3.63) is 94.5 Å². The van der Waals surface area contributed by atoms with Gasteiger partial charge in [0.2, 0.25) is 12.2 Å². The van der Waals surface area contributed by atoms with E-state index in [9.17, 15) is 9.70 Å². The van der Waals surface area contributed by atoms with Crippen molar-refractivity contribution in [1.82, 2.24) is 4.90 Å². The number of hydrogen-bond donors (Lipinski definition) is 0. The predicted octanol–water partition coefficient (Wildman–Crippen LogP) is 6.36. The van der Waals surface area contributed by atoms with Gasteiger partial charge < -0.3 is 9.64 Å². The second-order valence-electron chi connectivity index (χ2n) is 8.62. The van der Waals surface area contributed by atoms with E-state index in [2.05, 4.69) is 26.0 Å². The Balaban J connectivity index is 1.52. The Kier molecular flexibility index (Phi) is 6.26. The molecule has 1 fully saturated rings. The molecule has 0 bridgehead atoms. The molecule has 0 saturated carbocycles. The van der Waals surface area contributed by atoms with Crippen LogP contribution in [-0.2, 0) is 10.3 Å². The Bertz CT molecular complexity index is 1040. The van der Waals surface area contributed by atoms with E-state index >= 15 is 0 Å². The first kappa shape index (κ1) is 22.0. The summed E-state index contributed by atoms with van der Waals surface area (Å²) in [6.45, 7) is 6.69. The van der Waals surface area contributed by atoms with Crippen LogP contribution in [-0.4, -0.2) is 28.3 Å². The summed E-state index contributed by atoms with van der Waals surface area (Å²) in [6.07, 6.45) is 7.58. The topological polar surface area (TPSA) is 49.6 Å². The van der Waals surface area contributed by atoms with Crippen molar-refractivity contribution in [2.45, 2.75) is 57.7 Å². The Morgan fingerprint density at radius 2 is 1.84 bits per heavy atom. The zero-order chi connectivity index (χ0) is 22.7. The Hall–Kier alpha value is -3.21. The first-order chi connectivity index (χ1) is 15.5. The van der Waals surface area contributed by atoms with Crippen LogP contribution in [0.3, 0.4) is 0 Å². The van der Waals surface area contributed by atoms with Crippen molar-refractivity contribution in [3.8, 4) is 0 Å². The van der Waals surface area contributed by atoms with E-state index in [4.69, 9.17) is 4.74 Å². The fraction of sp³-hybridized carbons (Fsp3) is 0.370. The van der Waals surface area contributed by atoms with Gasteiger partial charge in [0.15, 0.2) is 0 Å². The van der Waals surface area contributed by atoms with Crippen molar-refractivity contribution < 1.29 is 14.3 Å². The molecule has 1 unspecified atom stereocenters. The van der Waals surface area contributed by atoms with Gasteiger partial charge in [0.05, 0.1) is 11.6 Å². The number of carbonyl (C=O) groups excluding carboxylic acids is 1. The lowest BCUT2D eigenvalue weighted by molar-refractivity contribution is -0.504. The molecule has 2 aromatic carbocycles. The summed E-state index contributed by atoms with van der Waals surface area (Å²) in [5.41, 5.74) is 3.46. The monoisotopic (exact) mass is 431 g/mol. The maximum atomic E-state index is 13.1. The molecule has 2 aliphatic rings. The largest absolute Gasteiger partial charge is 0.438 e. The zero-order valence-electron chi connectivity index (χ0n) is 19.0. The number of cyclic esters (lactones) is 1. The van der Waals surface area contributed by atoms with Gasteiger partial charge in [0.25, 0.3) is 0 Å². The molecule has 2 aliphatic heterocycles. The standard InChI is InChI=1S/C27H31N2O3/c1-4-25(22-15-13-21(14-16-22)23-12-11-20(3)29(31)19-23)28-18-17-27(5-2,32-26(28)30)24-9-7-6-8-10-24/h6-16,19-20,25H,4-5,17-18H2,1-3H3/q+1/t20?,25-,27+/m0/s1. The maximum Gasteiger partial charge on any atom is 0.411 e. The lowest BCUT2D eigenvalue weighted by atomic mass is 9.86. The van der Waals surface area contributed by atoms with Crippen LogP contribution in [0, 0.1) is 4.91 Å². The van der Waals surface area contributed by atoms with Crippen molar-refractivity contribution in [2.24, 2.45) is 0 Å². The number of ether oxygens (including phenoxy) is 1. The summed E-state index contributed by atoms with van der Waals surface area (Å²) >= 11 is 0. The van der Waals surface area contributed by atoms with E-state index in [1.54, 1.807) is 6.20 Å². The number of carbonyl (C=O) groups is 1. The van der Waals surface area contributed by atoms with Crippen LogP contribution in [0.25, 0.3) is 5.57 Å². The third-order valence-electron chi connectivity index (χ3n) is 6.76. The van der Waals surface area contributed by atoms with Gasteiger partial charge in [-0.15, -0.1) is 0 Å². The highest BCUT2D eigenvalue weighted by Gasteiger charge is 2.42. The molecular formula is C27H31N2O3+. The summed E-state index contributed by atoms with van der Waals surface area (Å²) in [5.74, 6) is 0. The molecule has 0 N–H and O–H groups in total. The van der Waals surface area contributed by atoms with Crippen LogP contribution < -0.4 is 0 Å². The quantitative estimate of drug-likeness (QED) is 0.500. The van der Waals surface area contributed by atoms with E-state index < -0.39 is 5.60 Å². The smallest absolute Gasteiger partial charge is 0.411 e. The van der Waals surface area contributed by atoms with Gasteiger partial charge in [-0.25, -0.2) is 4.79 Å². The van der Waals surface area contributed by atoms with Crippen molar-refractivity contribution in [2.75, 3.05) is 6.54 Å². The first-order valence-corrected chi connectivity index (χ1v) is 11.5. The Labute approximate surface area is 190 Å². The van der Waals surface area contributed by atoms with Gasteiger partial charge in [-0.2, -0.15) is 0 Å². The predicted molar refractivity (Wildman–Crippen MR) is 126 cm³/mol. The molecule has 1 saturated heterocycles.